The van der Waals surface area contributed by atoms with Gasteiger partial charge in [-0.3, -0.25) is 4.90 Å². The summed E-state index contributed by atoms with van der Waals surface area (Å²) < 4.78 is 21.2. The Labute approximate surface area is 201 Å². The highest BCUT2D eigenvalue weighted by molar-refractivity contribution is 6.00. The van der Waals surface area contributed by atoms with Crippen LogP contribution in [-0.4, -0.2) is 51.8 Å². The molecular weight excluding hydrogens is 449 g/mol. The normalized spacial score (nSPS) is 14.2. The van der Waals surface area contributed by atoms with Crippen LogP contribution in [0.15, 0.2) is 55.0 Å². The molecule has 2 amide bonds. The summed E-state index contributed by atoms with van der Waals surface area (Å²) in [6.45, 7) is 5.68. The smallest absolute Gasteiger partial charge is 0.323 e. The highest BCUT2D eigenvalue weighted by Gasteiger charge is 2.20. The van der Waals surface area contributed by atoms with Crippen molar-refractivity contribution in [1.82, 2.24) is 19.5 Å². The number of amides is 2. The molecule has 4 N–H and O–H groups in total. The average molecular weight is 476 g/mol. The number of carbonyl (C=O) groups excluding carboxylic acids is 1. The molecule has 0 unspecified atom stereocenters. The van der Waals surface area contributed by atoms with Gasteiger partial charge in [0.25, 0.3) is 0 Å². The molecule has 3 heterocycles. The number of hydrogen-bond acceptors (Lipinski definition) is 6. The number of urea groups is 1. The van der Waals surface area contributed by atoms with Crippen molar-refractivity contribution >= 4 is 28.7 Å². The predicted octanol–water partition coefficient (Wildman–Crippen LogP) is 3.90. The zero-order chi connectivity index (χ0) is 24.4. The third-order valence-electron chi connectivity index (χ3n) is 5.98. The predicted molar refractivity (Wildman–Crippen MR) is 133 cm³/mol. The summed E-state index contributed by atoms with van der Waals surface area (Å²) in [5.74, 6) is -0.0979. The zero-order valence-corrected chi connectivity index (χ0v) is 19.3. The van der Waals surface area contributed by atoms with Gasteiger partial charge in [0.05, 0.1) is 18.9 Å². The van der Waals surface area contributed by atoms with Crippen molar-refractivity contribution in [2.24, 2.45) is 0 Å². The topological polar surface area (TPSA) is 110 Å². The summed E-state index contributed by atoms with van der Waals surface area (Å²) in [6, 6.07) is 11.4. The van der Waals surface area contributed by atoms with Crippen LogP contribution in [0, 0.1) is 12.7 Å². The molecule has 1 aliphatic rings. The molecule has 0 spiro atoms. The fourth-order valence-corrected chi connectivity index (χ4v) is 4.27. The van der Waals surface area contributed by atoms with Crippen molar-refractivity contribution in [2.75, 3.05) is 42.7 Å². The van der Waals surface area contributed by atoms with Gasteiger partial charge in [0, 0.05) is 37.1 Å². The molecule has 0 aliphatic carbocycles. The highest BCUT2D eigenvalue weighted by atomic mass is 19.1. The maximum absolute atomic E-state index is 14.0. The van der Waals surface area contributed by atoms with E-state index in [1.165, 1.54) is 12.4 Å². The van der Waals surface area contributed by atoms with Crippen molar-refractivity contribution in [2.45, 2.75) is 13.5 Å². The number of anilines is 3. The van der Waals surface area contributed by atoms with Gasteiger partial charge in [-0.05, 0) is 47.9 Å². The Kier molecular flexibility index (Phi) is 6.30. The number of morpholine rings is 1. The van der Waals surface area contributed by atoms with E-state index < -0.39 is 11.8 Å². The Hall–Kier alpha value is -4.02. The summed E-state index contributed by atoms with van der Waals surface area (Å²) in [5, 5.41) is 9.63. The Morgan fingerprint density at radius 3 is 2.69 bits per heavy atom. The van der Waals surface area contributed by atoms with Crippen LogP contribution in [0.2, 0.25) is 0 Å². The van der Waals surface area contributed by atoms with Crippen LogP contribution in [0.3, 0.4) is 0 Å². The van der Waals surface area contributed by atoms with Gasteiger partial charge in [0.2, 0.25) is 0 Å². The number of ether oxygens (including phenoxy) is 1. The fourth-order valence-electron chi connectivity index (χ4n) is 4.27. The van der Waals surface area contributed by atoms with E-state index in [2.05, 4.69) is 25.6 Å². The molecule has 180 valence electrons. The Bertz CT molecular complexity index is 1360. The summed E-state index contributed by atoms with van der Waals surface area (Å²) in [4.78, 5) is 18.9. The van der Waals surface area contributed by atoms with E-state index in [1.807, 2.05) is 25.3 Å². The van der Waals surface area contributed by atoms with Gasteiger partial charge in [0.15, 0.2) is 5.82 Å². The van der Waals surface area contributed by atoms with Crippen molar-refractivity contribution in [3.8, 4) is 11.1 Å². The average Bonchev–Trinajstić information content (AvgIpc) is 3.22. The van der Waals surface area contributed by atoms with E-state index in [1.54, 1.807) is 28.8 Å². The van der Waals surface area contributed by atoms with Gasteiger partial charge >= 0.3 is 6.03 Å². The Morgan fingerprint density at radius 2 is 1.91 bits per heavy atom. The number of hydrogen-bond donors (Lipinski definition) is 3. The second-order valence-electron chi connectivity index (χ2n) is 8.50. The molecule has 0 bridgehead atoms. The maximum atomic E-state index is 14.0. The molecular formula is C25H26FN7O2. The Morgan fingerprint density at radius 1 is 1.14 bits per heavy atom. The van der Waals surface area contributed by atoms with Crippen molar-refractivity contribution < 1.29 is 13.9 Å². The molecule has 0 saturated carbocycles. The van der Waals surface area contributed by atoms with Crippen LogP contribution in [0.5, 0.6) is 0 Å². The number of rotatable bonds is 5. The number of benzene rings is 2. The summed E-state index contributed by atoms with van der Waals surface area (Å²) in [6.07, 6.45) is 3.42. The SMILES string of the molecule is Cc1ccc(F)c(NC(=O)Nc2ccc(-c3c(CN4CCOCC4)cn4ncnc(N)c34)cc2)c1. The molecule has 10 heteroatoms. The van der Waals surface area contributed by atoms with Gasteiger partial charge in [-0.25, -0.2) is 18.7 Å². The van der Waals surface area contributed by atoms with Crippen LogP contribution in [0.1, 0.15) is 11.1 Å². The van der Waals surface area contributed by atoms with Gasteiger partial charge in [-0.15, -0.1) is 0 Å². The minimum absolute atomic E-state index is 0.127. The van der Waals surface area contributed by atoms with E-state index in [0.29, 0.717) is 24.7 Å². The van der Waals surface area contributed by atoms with Gasteiger partial charge in [-0.1, -0.05) is 18.2 Å². The number of fused-ring (bicyclic) bond motifs is 1. The number of nitrogens with zero attached hydrogens (tertiary/aromatic N) is 4. The third kappa shape index (κ3) is 4.93. The van der Waals surface area contributed by atoms with E-state index >= 15 is 0 Å². The lowest BCUT2D eigenvalue weighted by atomic mass is 10.0. The lowest BCUT2D eigenvalue weighted by Gasteiger charge is -2.26. The number of nitrogens with two attached hydrogens (primary N) is 1. The monoisotopic (exact) mass is 475 g/mol. The molecule has 35 heavy (non-hydrogen) atoms. The van der Waals surface area contributed by atoms with Crippen molar-refractivity contribution in [1.29, 1.82) is 0 Å². The molecule has 5 rings (SSSR count). The van der Waals surface area contributed by atoms with Crippen LogP contribution in [-0.2, 0) is 11.3 Å². The van der Waals surface area contributed by atoms with Crippen LogP contribution in [0.25, 0.3) is 16.6 Å². The van der Waals surface area contributed by atoms with E-state index in [9.17, 15) is 9.18 Å². The number of carbonyl (C=O) groups is 1. The van der Waals surface area contributed by atoms with E-state index in [0.717, 1.165) is 47.4 Å². The van der Waals surface area contributed by atoms with Crippen LogP contribution < -0.4 is 16.4 Å². The highest BCUT2D eigenvalue weighted by Crippen LogP contribution is 2.34. The largest absolute Gasteiger partial charge is 0.382 e. The Balaban J connectivity index is 1.39. The lowest BCUT2D eigenvalue weighted by Crippen LogP contribution is -2.35. The number of nitrogens with one attached hydrogen (secondary N) is 2. The first-order valence-electron chi connectivity index (χ1n) is 11.3. The quantitative estimate of drug-likeness (QED) is 0.404. The molecule has 0 radical (unpaired) electrons. The van der Waals surface area contributed by atoms with Crippen LogP contribution >= 0.6 is 0 Å². The van der Waals surface area contributed by atoms with Crippen LogP contribution in [0.4, 0.5) is 26.4 Å². The minimum Gasteiger partial charge on any atom is -0.382 e. The number of aromatic nitrogens is 3. The zero-order valence-electron chi connectivity index (χ0n) is 19.3. The fraction of sp³-hybridized carbons (Fsp3) is 0.240. The first-order valence-corrected chi connectivity index (χ1v) is 11.3. The minimum atomic E-state index is -0.526. The second kappa shape index (κ2) is 9.69. The molecule has 9 nitrogen and oxygen atoms in total. The van der Waals surface area contributed by atoms with Crippen molar-refractivity contribution in [3.05, 3.63) is 71.9 Å². The summed E-state index contributed by atoms with van der Waals surface area (Å²) in [7, 11) is 0. The third-order valence-corrected chi connectivity index (χ3v) is 5.98. The molecule has 1 saturated heterocycles. The van der Waals surface area contributed by atoms with E-state index in [4.69, 9.17) is 10.5 Å². The van der Waals surface area contributed by atoms with Gasteiger partial charge in [0.1, 0.15) is 17.7 Å². The second-order valence-corrected chi connectivity index (χ2v) is 8.50. The number of nitrogen functional groups attached to an aromatic ring is 1. The first kappa shape index (κ1) is 22.8. The summed E-state index contributed by atoms with van der Waals surface area (Å²) in [5.41, 5.74) is 11.5. The number of halogens is 1. The summed E-state index contributed by atoms with van der Waals surface area (Å²) >= 11 is 0. The maximum Gasteiger partial charge on any atom is 0.323 e. The first-order chi connectivity index (χ1) is 17.0. The molecule has 1 aliphatic heterocycles. The van der Waals surface area contributed by atoms with Gasteiger partial charge in [-0.2, -0.15) is 5.10 Å². The molecule has 2 aromatic heterocycles. The molecule has 4 aromatic rings. The molecule has 1 fully saturated rings. The molecule has 0 atom stereocenters. The van der Waals surface area contributed by atoms with E-state index in [-0.39, 0.29) is 5.69 Å². The van der Waals surface area contributed by atoms with Gasteiger partial charge < -0.3 is 21.1 Å². The number of aryl methyl sites for hydroxylation is 1. The van der Waals surface area contributed by atoms with Crippen molar-refractivity contribution in [3.63, 3.8) is 0 Å². The molecule has 2 aromatic carbocycles. The standard InChI is InChI=1S/C25H26FN7O2/c1-16-2-7-20(26)21(12-16)31-25(34)30-19-5-3-17(4-6-19)22-18(13-32-8-10-35-11-9-32)14-33-23(22)24(27)28-15-29-33/h2-7,12,14-15H,8-11,13H2,1H3,(H2,27,28,29)(H2,30,31,34). The lowest BCUT2D eigenvalue weighted by molar-refractivity contribution is 0.0342.